The second kappa shape index (κ2) is 10.2. The van der Waals surface area contributed by atoms with E-state index in [1.807, 2.05) is 34.9 Å². The van der Waals surface area contributed by atoms with Gasteiger partial charge in [0.1, 0.15) is 11.6 Å². The van der Waals surface area contributed by atoms with Crippen molar-refractivity contribution in [1.29, 1.82) is 0 Å². The molecule has 8 heteroatoms. The third-order valence-electron chi connectivity index (χ3n) is 5.74. The van der Waals surface area contributed by atoms with Crippen LogP contribution in [0.2, 0.25) is 0 Å². The van der Waals surface area contributed by atoms with Crippen LogP contribution < -0.4 is 4.90 Å². The molecule has 32 heavy (non-hydrogen) atoms. The van der Waals surface area contributed by atoms with Crippen LogP contribution >= 0.6 is 11.8 Å². The number of para-hydroxylation sites is 2. The molecule has 0 unspecified atom stereocenters. The molecule has 1 aliphatic heterocycles. The number of carbonyl (C=O) groups excluding carboxylic acids is 1. The summed E-state index contributed by atoms with van der Waals surface area (Å²) in [6.07, 6.45) is 1.28. The number of amides is 1. The van der Waals surface area contributed by atoms with Crippen LogP contribution in [0.4, 0.5) is 10.1 Å². The molecule has 0 atom stereocenters. The monoisotopic (exact) mass is 453 g/mol. The Morgan fingerprint density at radius 3 is 2.38 bits per heavy atom. The number of anilines is 1. The quantitative estimate of drug-likeness (QED) is 0.396. The average Bonchev–Trinajstić information content (AvgIpc) is 3.17. The third-order valence-corrected chi connectivity index (χ3v) is 6.76. The number of benzene rings is 2. The van der Waals surface area contributed by atoms with E-state index in [0.717, 1.165) is 28.8 Å². The van der Waals surface area contributed by atoms with Gasteiger partial charge in [0.25, 0.3) is 0 Å². The maximum atomic E-state index is 14.0. The summed E-state index contributed by atoms with van der Waals surface area (Å²) in [6.45, 7) is 6.59. The number of piperazine rings is 1. The molecule has 1 saturated heterocycles. The van der Waals surface area contributed by atoms with E-state index < -0.39 is 0 Å². The minimum atomic E-state index is -0.210. The molecular formula is C24H28FN5OS. The summed E-state index contributed by atoms with van der Waals surface area (Å²) < 4.78 is 16.1. The highest BCUT2D eigenvalue weighted by atomic mass is 32.2. The van der Waals surface area contributed by atoms with Crippen molar-refractivity contribution in [2.24, 2.45) is 0 Å². The molecule has 4 rings (SSSR count). The Hall–Kier alpha value is -2.87. The van der Waals surface area contributed by atoms with E-state index in [2.05, 4.69) is 33.8 Å². The highest BCUT2D eigenvalue weighted by molar-refractivity contribution is 7.99. The molecule has 1 fully saturated rings. The molecule has 3 aromatic rings. The maximum Gasteiger partial charge on any atom is 0.222 e. The average molecular weight is 454 g/mol. The van der Waals surface area contributed by atoms with Gasteiger partial charge in [-0.2, -0.15) is 0 Å². The van der Waals surface area contributed by atoms with Crippen molar-refractivity contribution in [2.45, 2.75) is 31.8 Å². The normalized spacial score (nSPS) is 14.1. The first-order valence-corrected chi connectivity index (χ1v) is 11.9. The van der Waals surface area contributed by atoms with E-state index >= 15 is 0 Å². The lowest BCUT2D eigenvalue weighted by Crippen LogP contribution is -2.49. The van der Waals surface area contributed by atoms with Gasteiger partial charge in [-0.3, -0.25) is 9.36 Å². The smallest absolute Gasteiger partial charge is 0.222 e. The van der Waals surface area contributed by atoms with Crippen molar-refractivity contribution in [3.8, 4) is 5.69 Å². The Morgan fingerprint density at radius 2 is 1.66 bits per heavy atom. The molecule has 0 N–H and O–H groups in total. The fourth-order valence-electron chi connectivity index (χ4n) is 3.98. The number of thioether (sulfide) groups is 1. The fourth-order valence-corrected chi connectivity index (χ4v) is 4.91. The van der Waals surface area contributed by atoms with E-state index in [0.29, 0.717) is 38.3 Å². The van der Waals surface area contributed by atoms with Crippen LogP contribution in [0.5, 0.6) is 0 Å². The van der Waals surface area contributed by atoms with Gasteiger partial charge in [-0.25, -0.2) is 4.39 Å². The molecule has 0 radical (unpaired) electrons. The zero-order chi connectivity index (χ0) is 22.5. The van der Waals surface area contributed by atoms with Crippen LogP contribution in [0.25, 0.3) is 5.69 Å². The molecule has 2 heterocycles. The second-order valence-electron chi connectivity index (χ2n) is 7.92. The molecule has 0 spiro atoms. The number of hydrogen-bond acceptors (Lipinski definition) is 5. The van der Waals surface area contributed by atoms with E-state index in [4.69, 9.17) is 0 Å². The summed E-state index contributed by atoms with van der Waals surface area (Å²) in [5, 5.41) is 9.42. The van der Waals surface area contributed by atoms with E-state index in [1.165, 1.54) is 11.6 Å². The van der Waals surface area contributed by atoms with Gasteiger partial charge in [-0.15, -0.1) is 10.2 Å². The predicted octanol–water partition coefficient (Wildman–Crippen LogP) is 4.24. The summed E-state index contributed by atoms with van der Waals surface area (Å²) in [5.74, 6) is 1.60. The van der Waals surface area contributed by atoms with Gasteiger partial charge in [0, 0.05) is 38.4 Å². The van der Waals surface area contributed by atoms with Crippen LogP contribution in [-0.2, 0) is 4.79 Å². The van der Waals surface area contributed by atoms with Gasteiger partial charge in [-0.05, 0) is 44.0 Å². The molecule has 1 aliphatic rings. The van der Waals surface area contributed by atoms with Gasteiger partial charge in [0.15, 0.2) is 5.16 Å². The fraction of sp³-hybridized carbons (Fsp3) is 0.375. The number of carbonyl (C=O) groups is 1. The third kappa shape index (κ3) is 4.96. The van der Waals surface area contributed by atoms with Crippen molar-refractivity contribution in [2.75, 3.05) is 36.8 Å². The number of halogens is 1. The van der Waals surface area contributed by atoms with Gasteiger partial charge >= 0.3 is 0 Å². The largest absolute Gasteiger partial charge is 0.366 e. The molecule has 2 aromatic carbocycles. The minimum absolute atomic E-state index is 0.162. The lowest BCUT2D eigenvalue weighted by Gasteiger charge is -2.36. The van der Waals surface area contributed by atoms with Gasteiger partial charge in [-0.1, -0.05) is 42.1 Å². The Morgan fingerprint density at radius 1 is 0.969 bits per heavy atom. The second-order valence-corrected chi connectivity index (χ2v) is 8.99. The van der Waals surface area contributed by atoms with Crippen molar-refractivity contribution < 1.29 is 9.18 Å². The summed E-state index contributed by atoms with van der Waals surface area (Å²) in [7, 11) is 0. The van der Waals surface area contributed by atoms with Crippen LogP contribution in [0.15, 0.2) is 53.7 Å². The first-order valence-electron chi connectivity index (χ1n) is 10.9. The highest BCUT2D eigenvalue weighted by Gasteiger charge is 2.22. The predicted molar refractivity (Wildman–Crippen MR) is 126 cm³/mol. The Labute approximate surface area is 192 Å². The standard InChI is InChI=1S/C24H28FN5OS/c1-18-8-3-5-10-21(18)30-19(2)26-27-24(30)32-17-7-12-23(31)29-15-13-28(14-16-29)22-11-6-4-9-20(22)25/h3-6,8-11H,7,12-17H2,1-2H3. The van der Waals surface area contributed by atoms with Crippen LogP contribution in [-0.4, -0.2) is 57.5 Å². The topological polar surface area (TPSA) is 54.3 Å². The van der Waals surface area contributed by atoms with Crippen molar-refractivity contribution in [3.05, 3.63) is 65.7 Å². The summed E-state index contributed by atoms with van der Waals surface area (Å²) in [5.41, 5.74) is 2.87. The van der Waals surface area contributed by atoms with E-state index in [1.54, 1.807) is 23.9 Å². The Kier molecular flexibility index (Phi) is 7.09. The lowest BCUT2D eigenvalue weighted by atomic mass is 10.2. The minimum Gasteiger partial charge on any atom is -0.366 e. The molecule has 0 saturated carbocycles. The van der Waals surface area contributed by atoms with Crippen LogP contribution in [0, 0.1) is 19.7 Å². The van der Waals surface area contributed by atoms with Gasteiger partial charge in [0.2, 0.25) is 5.91 Å². The Bertz CT molecular complexity index is 1080. The zero-order valence-electron chi connectivity index (χ0n) is 18.5. The summed E-state index contributed by atoms with van der Waals surface area (Å²) in [4.78, 5) is 16.5. The molecule has 1 amide bonds. The molecule has 1 aromatic heterocycles. The zero-order valence-corrected chi connectivity index (χ0v) is 19.3. The highest BCUT2D eigenvalue weighted by Crippen LogP contribution is 2.25. The summed E-state index contributed by atoms with van der Waals surface area (Å²) >= 11 is 1.63. The number of rotatable bonds is 7. The number of nitrogens with zero attached hydrogens (tertiary/aromatic N) is 5. The number of aryl methyl sites for hydroxylation is 2. The van der Waals surface area contributed by atoms with Crippen molar-refractivity contribution >= 4 is 23.4 Å². The lowest BCUT2D eigenvalue weighted by molar-refractivity contribution is -0.131. The molecular weight excluding hydrogens is 425 g/mol. The van der Waals surface area contributed by atoms with Crippen molar-refractivity contribution in [1.82, 2.24) is 19.7 Å². The van der Waals surface area contributed by atoms with Crippen LogP contribution in [0.3, 0.4) is 0 Å². The van der Waals surface area contributed by atoms with E-state index in [9.17, 15) is 9.18 Å². The van der Waals surface area contributed by atoms with Crippen LogP contribution in [0.1, 0.15) is 24.2 Å². The number of aromatic nitrogens is 3. The van der Waals surface area contributed by atoms with Crippen molar-refractivity contribution in [3.63, 3.8) is 0 Å². The maximum absolute atomic E-state index is 14.0. The Balaban J connectivity index is 1.25. The SMILES string of the molecule is Cc1ccccc1-n1c(C)nnc1SCCCC(=O)N1CCN(c2ccccc2F)CC1. The molecule has 6 nitrogen and oxygen atoms in total. The first kappa shape index (κ1) is 22.3. The first-order chi connectivity index (χ1) is 15.5. The van der Waals surface area contributed by atoms with Gasteiger partial charge in [0.05, 0.1) is 11.4 Å². The molecule has 0 bridgehead atoms. The number of hydrogen-bond donors (Lipinski definition) is 0. The molecule has 168 valence electrons. The van der Waals surface area contributed by atoms with Gasteiger partial charge < -0.3 is 9.80 Å². The van der Waals surface area contributed by atoms with E-state index in [-0.39, 0.29) is 11.7 Å². The molecule has 0 aliphatic carbocycles. The summed E-state index contributed by atoms with van der Waals surface area (Å²) in [6, 6.07) is 15.0.